The van der Waals surface area contributed by atoms with Crippen molar-refractivity contribution in [3.63, 3.8) is 0 Å². The van der Waals surface area contributed by atoms with Gasteiger partial charge in [0.25, 0.3) is 10.0 Å². The van der Waals surface area contributed by atoms with E-state index in [1.54, 1.807) is 48.7 Å². The molecule has 0 aliphatic rings. The van der Waals surface area contributed by atoms with E-state index in [1.165, 1.54) is 12.1 Å². The average molecular weight is 531 g/mol. The fraction of sp³-hybridized carbons (Fsp3) is 0. The smallest absolute Gasteiger partial charge is 0.261 e. The van der Waals surface area contributed by atoms with E-state index < -0.39 is 10.0 Å². The minimum absolute atomic E-state index is 0.157. The normalized spacial score (nSPS) is 11.7. The summed E-state index contributed by atoms with van der Waals surface area (Å²) in [5.41, 5.74) is 1.84. The molecule has 0 unspecified atom stereocenters. The first kappa shape index (κ1) is 20.1. The maximum atomic E-state index is 12.5. The van der Waals surface area contributed by atoms with Crippen molar-refractivity contribution < 1.29 is 8.42 Å². The van der Waals surface area contributed by atoms with E-state index in [4.69, 9.17) is 23.2 Å². The molecule has 8 heteroatoms. The summed E-state index contributed by atoms with van der Waals surface area (Å²) in [5, 5.41) is 1.04. The summed E-state index contributed by atoms with van der Waals surface area (Å²) >= 11 is 14.1. The lowest BCUT2D eigenvalue weighted by Crippen LogP contribution is -2.12. The number of sulfonamides is 1. The second-order valence-electron chi connectivity index (χ2n) is 5.53. The lowest BCUT2D eigenvalue weighted by Gasteiger charge is -2.08. The molecule has 0 heterocycles. The summed E-state index contributed by atoms with van der Waals surface area (Å²) in [4.78, 5) is 4.47. The lowest BCUT2D eigenvalue weighted by atomic mass is 10.2. The van der Waals surface area contributed by atoms with Crippen molar-refractivity contribution in [2.75, 3.05) is 4.72 Å². The number of nitrogens with zero attached hydrogens (tertiary/aromatic N) is 1. The van der Waals surface area contributed by atoms with Crippen LogP contribution >= 0.6 is 45.8 Å². The number of rotatable bonds is 5. The first-order valence-corrected chi connectivity index (χ1v) is 11.0. The molecule has 3 rings (SSSR count). The molecule has 1 N–H and O–H groups in total. The van der Waals surface area contributed by atoms with Crippen LogP contribution in [0.1, 0.15) is 5.56 Å². The molecule has 0 aromatic heterocycles. The highest BCUT2D eigenvalue weighted by molar-refractivity contribution is 14.1. The fourth-order valence-corrected chi connectivity index (χ4v) is 4.07. The first-order valence-electron chi connectivity index (χ1n) is 7.71. The molecule has 0 aliphatic heterocycles. The van der Waals surface area contributed by atoms with E-state index >= 15 is 0 Å². The Kier molecular flexibility index (Phi) is 6.41. The number of aliphatic imine (C=N–C) groups is 1. The van der Waals surface area contributed by atoms with E-state index in [2.05, 4.69) is 32.3 Å². The summed E-state index contributed by atoms with van der Waals surface area (Å²) in [5.74, 6) is 0. The van der Waals surface area contributed by atoms with Crippen molar-refractivity contribution in [1.29, 1.82) is 0 Å². The van der Waals surface area contributed by atoms with Gasteiger partial charge < -0.3 is 0 Å². The van der Waals surface area contributed by atoms with Gasteiger partial charge in [-0.15, -0.1) is 0 Å². The maximum Gasteiger partial charge on any atom is 0.261 e. The maximum absolute atomic E-state index is 12.5. The Morgan fingerprint density at radius 2 is 1.59 bits per heavy atom. The van der Waals surface area contributed by atoms with Gasteiger partial charge in [-0.1, -0.05) is 29.3 Å². The minimum Gasteiger partial charge on any atom is -0.280 e. The molecule has 138 valence electrons. The van der Waals surface area contributed by atoms with Gasteiger partial charge in [0.1, 0.15) is 0 Å². The van der Waals surface area contributed by atoms with Crippen LogP contribution in [0, 0.1) is 3.57 Å². The SMILES string of the molecule is O=S(=O)(Nc1ccc(I)cc1)c1ccc(N=Cc2ccc(Cl)cc2Cl)cc1. The van der Waals surface area contributed by atoms with Crippen molar-refractivity contribution in [3.05, 3.63) is 85.9 Å². The molecular formula is C19H13Cl2IN2O2S. The highest BCUT2D eigenvalue weighted by Crippen LogP contribution is 2.22. The van der Waals surface area contributed by atoms with Crippen LogP contribution in [-0.4, -0.2) is 14.6 Å². The molecule has 0 saturated carbocycles. The summed E-state index contributed by atoms with van der Waals surface area (Å²) in [6.45, 7) is 0. The molecule has 3 aromatic rings. The van der Waals surface area contributed by atoms with Crippen LogP contribution in [-0.2, 0) is 10.0 Å². The first-order chi connectivity index (χ1) is 12.8. The highest BCUT2D eigenvalue weighted by Gasteiger charge is 2.13. The van der Waals surface area contributed by atoms with Crippen LogP contribution in [0.25, 0.3) is 0 Å². The molecule has 3 aromatic carbocycles. The van der Waals surface area contributed by atoms with E-state index in [0.717, 1.165) is 9.13 Å². The van der Waals surface area contributed by atoms with E-state index in [-0.39, 0.29) is 4.90 Å². The third kappa shape index (κ3) is 5.44. The van der Waals surface area contributed by atoms with Gasteiger partial charge in [0, 0.05) is 26.1 Å². The molecule has 0 radical (unpaired) electrons. The molecule has 0 spiro atoms. The van der Waals surface area contributed by atoms with Gasteiger partial charge in [-0.05, 0) is 83.3 Å². The summed E-state index contributed by atoms with van der Waals surface area (Å²) in [7, 11) is -3.66. The average Bonchev–Trinajstić information content (AvgIpc) is 2.63. The predicted octanol–water partition coefficient (Wildman–Crippen LogP) is 6.15. The topological polar surface area (TPSA) is 58.5 Å². The number of nitrogens with one attached hydrogen (secondary N) is 1. The lowest BCUT2D eigenvalue weighted by molar-refractivity contribution is 0.601. The number of halogens is 3. The zero-order valence-corrected chi connectivity index (χ0v) is 18.2. The number of hydrogen-bond acceptors (Lipinski definition) is 3. The Morgan fingerprint density at radius 1 is 0.926 bits per heavy atom. The summed E-state index contributed by atoms with van der Waals surface area (Å²) in [6.07, 6.45) is 1.60. The fourth-order valence-electron chi connectivity index (χ4n) is 2.19. The van der Waals surface area contributed by atoms with E-state index in [1.807, 2.05) is 12.1 Å². The minimum atomic E-state index is -3.66. The standard InChI is InChI=1S/C19H13Cl2IN2O2S/c20-14-2-1-13(19(21)11-14)12-23-16-7-9-18(10-8-16)27(25,26)24-17-5-3-15(22)4-6-17/h1-12,24H. The Labute approximate surface area is 181 Å². The van der Waals surface area contributed by atoms with Crippen LogP contribution in [0.4, 0.5) is 11.4 Å². The third-order valence-corrected chi connectivity index (χ3v) is 6.24. The van der Waals surface area contributed by atoms with Crippen LogP contribution in [0.5, 0.6) is 0 Å². The molecule has 4 nitrogen and oxygen atoms in total. The largest absolute Gasteiger partial charge is 0.280 e. The monoisotopic (exact) mass is 530 g/mol. The number of benzene rings is 3. The Hall–Kier alpha value is -1.61. The van der Waals surface area contributed by atoms with Gasteiger partial charge in [-0.2, -0.15) is 0 Å². The van der Waals surface area contributed by atoms with Gasteiger partial charge in [0.05, 0.1) is 15.6 Å². The molecular weight excluding hydrogens is 518 g/mol. The summed E-state index contributed by atoms with van der Waals surface area (Å²) in [6, 6.07) is 18.5. The van der Waals surface area contributed by atoms with Crippen molar-refractivity contribution in [3.8, 4) is 0 Å². The van der Waals surface area contributed by atoms with Crippen molar-refractivity contribution in [1.82, 2.24) is 0 Å². The molecule has 0 aliphatic carbocycles. The molecule has 0 atom stereocenters. The second kappa shape index (κ2) is 8.60. The van der Waals surface area contributed by atoms with Crippen molar-refractivity contribution in [2.45, 2.75) is 4.90 Å². The van der Waals surface area contributed by atoms with Crippen LogP contribution in [0.15, 0.2) is 76.6 Å². The Morgan fingerprint density at radius 3 is 2.22 bits per heavy atom. The molecule has 0 fully saturated rings. The van der Waals surface area contributed by atoms with Crippen LogP contribution < -0.4 is 4.72 Å². The molecule has 0 saturated heterocycles. The molecule has 27 heavy (non-hydrogen) atoms. The summed E-state index contributed by atoms with van der Waals surface area (Å²) < 4.78 is 28.5. The zero-order chi connectivity index (χ0) is 19.4. The number of hydrogen-bond donors (Lipinski definition) is 1. The van der Waals surface area contributed by atoms with Crippen molar-refractivity contribution in [2.24, 2.45) is 4.99 Å². The van der Waals surface area contributed by atoms with E-state index in [9.17, 15) is 8.42 Å². The Bertz CT molecular complexity index is 1080. The van der Waals surface area contributed by atoms with Gasteiger partial charge in [0.15, 0.2) is 0 Å². The molecule has 0 amide bonds. The number of anilines is 1. The van der Waals surface area contributed by atoms with Crippen molar-refractivity contribution >= 4 is 73.4 Å². The molecule has 0 bridgehead atoms. The van der Waals surface area contributed by atoms with E-state index in [0.29, 0.717) is 21.4 Å². The van der Waals surface area contributed by atoms with Gasteiger partial charge in [-0.3, -0.25) is 9.71 Å². The van der Waals surface area contributed by atoms with Gasteiger partial charge in [-0.25, -0.2) is 8.42 Å². The Balaban J connectivity index is 1.76. The predicted molar refractivity (Wildman–Crippen MR) is 120 cm³/mol. The van der Waals surface area contributed by atoms with Gasteiger partial charge in [0.2, 0.25) is 0 Å². The van der Waals surface area contributed by atoms with Crippen LogP contribution in [0.2, 0.25) is 10.0 Å². The quantitative estimate of drug-likeness (QED) is 0.317. The second-order valence-corrected chi connectivity index (χ2v) is 9.30. The third-order valence-electron chi connectivity index (χ3n) is 3.56. The highest BCUT2D eigenvalue weighted by atomic mass is 127. The zero-order valence-electron chi connectivity index (χ0n) is 13.7. The van der Waals surface area contributed by atoms with Gasteiger partial charge >= 0.3 is 0 Å². The van der Waals surface area contributed by atoms with Crippen LogP contribution in [0.3, 0.4) is 0 Å².